The first-order chi connectivity index (χ1) is 19.3. The second-order valence-corrected chi connectivity index (χ2v) is 11.8. The van der Waals surface area contributed by atoms with E-state index in [0.717, 1.165) is 50.2 Å². The van der Waals surface area contributed by atoms with Crippen molar-refractivity contribution in [1.29, 1.82) is 0 Å². The number of fused-ring (bicyclic) bond motifs is 1. The molecule has 0 aliphatic rings. The van der Waals surface area contributed by atoms with Crippen LogP contribution in [-0.4, -0.2) is 39.5 Å². The minimum Gasteiger partial charge on any atom is -0.416 e. The Bertz CT molecular complexity index is 1690. The summed E-state index contributed by atoms with van der Waals surface area (Å²) >= 11 is 5.99. The van der Waals surface area contributed by atoms with Crippen molar-refractivity contribution < 1.29 is 18.0 Å². The third-order valence-electron chi connectivity index (χ3n) is 6.33. The molecule has 0 amide bonds. The minimum atomic E-state index is -3.12. The topological polar surface area (TPSA) is 103 Å². The number of nitrogens with zero attached hydrogens (tertiary/aromatic N) is 3. The maximum Gasteiger partial charge on any atom is 0.334 e. The van der Waals surface area contributed by atoms with Gasteiger partial charge in [-0.05, 0) is 86.8 Å². The Morgan fingerprint density at radius 1 is 0.925 bits per heavy atom. The summed E-state index contributed by atoms with van der Waals surface area (Å²) in [6.45, 7) is 8.42. The van der Waals surface area contributed by atoms with Crippen LogP contribution in [0.2, 0.25) is 5.02 Å². The fourth-order valence-corrected chi connectivity index (χ4v) is 6.19. The minimum absolute atomic E-state index is 0.224. The number of aryl methyl sites for hydroxylation is 2. The lowest BCUT2D eigenvalue weighted by Gasteiger charge is -2.15. The fraction of sp³-hybridized carbons (Fsp3) is 0.233. The molecule has 0 unspecified atom stereocenters. The number of nitrogens with one attached hydrogen (secondary N) is 1. The van der Waals surface area contributed by atoms with Gasteiger partial charge < -0.3 is 18.4 Å². The molecular formula is C30H30ClN4O4P. The molecular weight excluding hydrogens is 547 g/mol. The van der Waals surface area contributed by atoms with Crippen LogP contribution in [0.1, 0.15) is 30.5 Å². The summed E-state index contributed by atoms with van der Waals surface area (Å²) in [5.74, 6) is 1.63. The summed E-state index contributed by atoms with van der Waals surface area (Å²) in [5.41, 5.74) is 7.47. The number of hydrogen-bond acceptors (Lipinski definition) is 7. The Morgan fingerprint density at radius 2 is 1.55 bits per heavy atom. The van der Waals surface area contributed by atoms with Crippen LogP contribution in [-0.2, 0) is 13.6 Å². The van der Waals surface area contributed by atoms with Crippen LogP contribution in [0.3, 0.4) is 0 Å². The highest BCUT2D eigenvalue weighted by Crippen LogP contribution is 2.48. The lowest BCUT2D eigenvalue weighted by atomic mass is 9.98. The van der Waals surface area contributed by atoms with Crippen molar-refractivity contribution in [2.45, 2.75) is 27.7 Å². The van der Waals surface area contributed by atoms with Gasteiger partial charge in [-0.1, -0.05) is 35.9 Å². The number of benzene rings is 3. The number of imidazole rings is 1. The van der Waals surface area contributed by atoms with Crippen molar-refractivity contribution in [3.8, 4) is 34.3 Å². The molecule has 5 aromatic rings. The third-order valence-corrected chi connectivity index (χ3v) is 8.54. The molecule has 8 nitrogen and oxygen atoms in total. The second kappa shape index (κ2) is 11.9. The number of hydrogen-bond donors (Lipinski definition) is 1. The fourth-order valence-electron chi connectivity index (χ4n) is 4.63. The van der Waals surface area contributed by atoms with Crippen LogP contribution in [0.5, 0.6) is 0 Å². The van der Waals surface area contributed by atoms with Gasteiger partial charge in [-0.25, -0.2) is 4.98 Å². The molecule has 40 heavy (non-hydrogen) atoms. The van der Waals surface area contributed by atoms with E-state index < -0.39 is 7.60 Å². The first-order valence-electron chi connectivity index (χ1n) is 13.0. The van der Waals surface area contributed by atoms with Gasteiger partial charge in [0, 0.05) is 21.7 Å². The van der Waals surface area contributed by atoms with Crippen LogP contribution < -0.4 is 0 Å². The van der Waals surface area contributed by atoms with Gasteiger partial charge in [0.15, 0.2) is 0 Å². The van der Waals surface area contributed by atoms with E-state index in [2.05, 4.69) is 41.2 Å². The van der Waals surface area contributed by atoms with Crippen LogP contribution >= 0.6 is 19.2 Å². The number of halogens is 1. The summed E-state index contributed by atoms with van der Waals surface area (Å²) in [4.78, 5) is 8.30. The predicted octanol–water partition coefficient (Wildman–Crippen LogP) is 8.50. The van der Waals surface area contributed by atoms with Crippen molar-refractivity contribution in [1.82, 2.24) is 20.2 Å². The number of aromatic amines is 1. The molecule has 2 heterocycles. The third kappa shape index (κ3) is 6.11. The number of aromatic nitrogens is 4. The molecule has 0 aliphatic carbocycles. The smallest absolute Gasteiger partial charge is 0.334 e. The molecule has 0 radical (unpaired) electrons. The number of H-pyrrole nitrogens is 1. The normalized spacial score (nSPS) is 12.1. The van der Waals surface area contributed by atoms with Gasteiger partial charge in [-0.3, -0.25) is 4.57 Å². The SMILES string of the molecule is CCOP(=O)(CC=Cc1cc(C)c(-c2nc3ccc(-c4nnc(-c5ccc(Cl)cc5)o4)cc3[nH]2)c(C)c1)OCC. The second-order valence-electron chi connectivity index (χ2n) is 9.30. The molecule has 5 rings (SSSR count). The molecule has 0 saturated heterocycles. The van der Waals surface area contributed by atoms with Crippen LogP contribution in [0, 0.1) is 13.8 Å². The zero-order valence-corrected chi connectivity index (χ0v) is 24.4. The Labute approximate surface area is 238 Å². The largest absolute Gasteiger partial charge is 0.416 e. The maximum absolute atomic E-state index is 12.7. The van der Waals surface area contributed by atoms with Crippen LogP contribution in [0.25, 0.3) is 51.4 Å². The monoisotopic (exact) mass is 576 g/mol. The highest BCUT2D eigenvalue weighted by atomic mass is 35.5. The summed E-state index contributed by atoms with van der Waals surface area (Å²) < 4.78 is 29.4. The van der Waals surface area contributed by atoms with Gasteiger partial charge in [0.2, 0.25) is 11.8 Å². The standard InChI is InChI=1S/C30H30ClN4O4P/c1-5-37-40(36,38-6-2)15-7-8-21-16-19(3)27(20(4)17-21)28-32-25-14-11-23(18-26(25)33-28)30-35-34-29(39-30)22-9-12-24(31)13-10-22/h7-14,16-18H,5-6,15H2,1-4H3,(H,32,33). The average molecular weight is 577 g/mol. The number of allylic oxidation sites excluding steroid dienone is 1. The quantitative estimate of drug-likeness (QED) is 0.166. The molecule has 0 bridgehead atoms. The summed E-state index contributed by atoms with van der Waals surface area (Å²) in [5, 5.41) is 9.07. The summed E-state index contributed by atoms with van der Waals surface area (Å²) in [6, 6.07) is 17.2. The van der Waals surface area contributed by atoms with E-state index in [1.54, 1.807) is 12.1 Å². The van der Waals surface area contributed by atoms with Crippen LogP contribution in [0.15, 0.2) is 65.1 Å². The van der Waals surface area contributed by atoms with Crippen molar-refractivity contribution in [3.63, 3.8) is 0 Å². The molecule has 3 aromatic carbocycles. The zero-order valence-electron chi connectivity index (χ0n) is 22.8. The van der Waals surface area contributed by atoms with Crippen molar-refractivity contribution in [2.75, 3.05) is 19.4 Å². The van der Waals surface area contributed by atoms with E-state index in [0.29, 0.717) is 30.0 Å². The van der Waals surface area contributed by atoms with E-state index in [4.69, 9.17) is 30.0 Å². The lowest BCUT2D eigenvalue weighted by Crippen LogP contribution is -1.98. The highest BCUT2D eigenvalue weighted by Gasteiger charge is 2.21. The van der Waals surface area contributed by atoms with Gasteiger partial charge in [-0.15, -0.1) is 10.2 Å². The first-order valence-corrected chi connectivity index (χ1v) is 15.1. The lowest BCUT2D eigenvalue weighted by molar-refractivity contribution is 0.222. The summed E-state index contributed by atoms with van der Waals surface area (Å²) in [7, 11) is -3.12. The van der Waals surface area contributed by atoms with Crippen molar-refractivity contribution >= 4 is 36.3 Å². The Kier molecular flexibility index (Phi) is 8.33. The van der Waals surface area contributed by atoms with Crippen LogP contribution in [0.4, 0.5) is 0 Å². The zero-order chi connectivity index (χ0) is 28.3. The Balaban J connectivity index is 1.38. The molecule has 2 aromatic heterocycles. The molecule has 0 atom stereocenters. The average Bonchev–Trinajstić information content (AvgIpc) is 3.56. The molecule has 0 fully saturated rings. The van der Waals surface area contributed by atoms with Crippen molar-refractivity contribution in [2.24, 2.45) is 0 Å². The van der Waals surface area contributed by atoms with Gasteiger partial charge in [0.1, 0.15) is 5.82 Å². The molecule has 1 N–H and O–H groups in total. The van der Waals surface area contributed by atoms with Gasteiger partial charge in [0.25, 0.3) is 0 Å². The van der Waals surface area contributed by atoms with E-state index in [9.17, 15) is 4.57 Å². The van der Waals surface area contributed by atoms with Crippen molar-refractivity contribution in [3.05, 3.63) is 82.4 Å². The highest BCUT2D eigenvalue weighted by molar-refractivity contribution is 7.54. The first kappa shape index (κ1) is 28.0. The summed E-state index contributed by atoms with van der Waals surface area (Å²) in [6.07, 6.45) is 4.02. The van der Waals surface area contributed by atoms with E-state index in [1.807, 2.05) is 56.3 Å². The van der Waals surface area contributed by atoms with Gasteiger partial charge >= 0.3 is 7.60 Å². The Morgan fingerprint density at radius 3 is 2.20 bits per heavy atom. The maximum atomic E-state index is 12.7. The van der Waals surface area contributed by atoms with Gasteiger partial charge in [-0.2, -0.15) is 0 Å². The molecule has 206 valence electrons. The Hall–Kier alpha value is -3.55. The van der Waals surface area contributed by atoms with Gasteiger partial charge in [0.05, 0.1) is 30.4 Å². The molecule has 0 aliphatic heterocycles. The molecule has 0 spiro atoms. The molecule has 10 heteroatoms. The molecule has 0 saturated carbocycles. The predicted molar refractivity (Wildman–Crippen MR) is 160 cm³/mol. The van der Waals surface area contributed by atoms with E-state index >= 15 is 0 Å². The van der Waals surface area contributed by atoms with E-state index in [1.165, 1.54) is 0 Å². The van der Waals surface area contributed by atoms with E-state index in [-0.39, 0.29) is 6.16 Å². The number of rotatable bonds is 10.